The lowest BCUT2D eigenvalue weighted by atomic mass is 9.90. The van der Waals surface area contributed by atoms with Crippen LogP contribution in [0.15, 0.2) is 37.4 Å². The molecule has 0 bridgehead atoms. The third-order valence-electron chi connectivity index (χ3n) is 4.60. The third-order valence-corrected chi connectivity index (χ3v) is 4.60. The number of nitrogens with zero attached hydrogens (tertiary/aromatic N) is 1. The number of aromatic nitrogens is 1. The maximum absolute atomic E-state index is 6.26. The molecule has 2 aromatic rings. The Hall–Kier alpha value is -2.33. The summed E-state index contributed by atoms with van der Waals surface area (Å²) in [6.45, 7) is 10.7. The van der Waals surface area contributed by atoms with Crippen LogP contribution in [0.25, 0.3) is 10.9 Å². The van der Waals surface area contributed by atoms with E-state index in [1.54, 1.807) is 7.11 Å². The standard InChI is InChI=1S/C21H29N3O/c1-5-8-15-17-12-16(14(3)10-7-11-22)19(9-6-2)24-21(17)18(23)13-20(15)25-4/h5-6,12-14H,1-2,7-11,22-23H2,3-4H3. The third kappa shape index (κ3) is 4.02. The Kier molecular flexibility index (Phi) is 6.59. The molecule has 0 amide bonds. The minimum atomic E-state index is 0.374. The number of hydrogen-bond donors (Lipinski definition) is 2. The number of ether oxygens (including phenoxy) is 1. The van der Waals surface area contributed by atoms with E-state index in [9.17, 15) is 0 Å². The Morgan fingerprint density at radius 2 is 1.96 bits per heavy atom. The van der Waals surface area contributed by atoms with Gasteiger partial charge in [-0.3, -0.25) is 4.98 Å². The van der Waals surface area contributed by atoms with Gasteiger partial charge in [-0.1, -0.05) is 19.1 Å². The van der Waals surface area contributed by atoms with Crippen molar-refractivity contribution in [3.05, 3.63) is 54.3 Å². The zero-order valence-electron chi connectivity index (χ0n) is 15.3. The van der Waals surface area contributed by atoms with Gasteiger partial charge in [0.25, 0.3) is 0 Å². The van der Waals surface area contributed by atoms with Crippen molar-refractivity contribution in [1.82, 2.24) is 4.98 Å². The van der Waals surface area contributed by atoms with Crippen molar-refractivity contribution in [2.75, 3.05) is 19.4 Å². The number of rotatable bonds is 9. The van der Waals surface area contributed by atoms with Crippen molar-refractivity contribution in [3.63, 3.8) is 0 Å². The van der Waals surface area contributed by atoms with Crippen molar-refractivity contribution in [3.8, 4) is 5.75 Å². The van der Waals surface area contributed by atoms with E-state index >= 15 is 0 Å². The van der Waals surface area contributed by atoms with Crippen LogP contribution in [0.4, 0.5) is 5.69 Å². The first-order chi connectivity index (χ1) is 12.1. The molecular weight excluding hydrogens is 310 g/mol. The predicted molar refractivity (Wildman–Crippen MR) is 107 cm³/mol. The summed E-state index contributed by atoms with van der Waals surface area (Å²) in [5.41, 5.74) is 16.7. The topological polar surface area (TPSA) is 74.2 Å². The molecule has 134 valence electrons. The van der Waals surface area contributed by atoms with Gasteiger partial charge in [-0.25, -0.2) is 0 Å². The van der Waals surface area contributed by atoms with Gasteiger partial charge < -0.3 is 16.2 Å². The van der Waals surface area contributed by atoms with Crippen LogP contribution in [0.3, 0.4) is 0 Å². The molecular formula is C21H29N3O. The van der Waals surface area contributed by atoms with Crippen LogP contribution in [0.1, 0.15) is 42.5 Å². The second-order valence-corrected chi connectivity index (χ2v) is 6.38. The number of nitrogen functional groups attached to an aromatic ring is 1. The predicted octanol–water partition coefficient (Wildman–Crippen LogP) is 4.13. The summed E-state index contributed by atoms with van der Waals surface area (Å²) in [5.74, 6) is 1.16. The van der Waals surface area contributed by atoms with Gasteiger partial charge in [0, 0.05) is 29.1 Å². The molecule has 25 heavy (non-hydrogen) atoms. The molecule has 4 heteroatoms. The molecule has 0 aliphatic heterocycles. The van der Waals surface area contributed by atoms with E-state index in [4.69, 9.17) is 21.2 Å². The minimum Gasteiger partial charge on any atom is -0.496 e. The fraction of sp³-hybridized carbons (Fsp3) is 0.381. The number of fused-ring (bicyclic) bond motifs is 1. The molecule has 4 nitrogen and oxygen atoms in total. The minimum absolute atomic E-state index is 0.374. The molecule has 2 rings (SSSR count). The van der Waals surface area contributed by atoms with Gasteiger partial charge in [0.05, 0.1) is 18.3 Å². The molecule has 1 aromatic heterocycles. The molecule has 0 spiro atoms. The first-order valence-electron chi connectivity index (χ1n) is 8.78. The highest BCUT2D eigenvalue weighted by Gasteiger charge is 2.18. The van der Waals surface area contributed by atoms with Crippen LogP contribution < -0.4 is 16.2 Å². The van der Waals surface area contributed by atoms with Crippen LogP contribution in [0.5, 0.6) is 5.75 Å². The lowest BCUT2D eigenvalue weighted by molar-refractivity contribution is 0.412. The van der Waals surface area contributed by atoms with Gasteiger partial charge in [0.2, 0.25) is 0 Å². The Labute approximate surface area is 150 Å². The second kappa shape index (κ2) is 8.67. The molecule has 4 N–H and O–H groups in total. The summed E-state index contributed by atoms with van der Waals surface area (Å²) >= 11 is 0. The second-order valence-electron chi connectivity index (χ2n) is 6.38. The number of benzene rings is 1. The molecule has 0 fully saturated rings. The van der Waals surface area contributed by atoms with Crippen molar-refractivity contribution in [1.29, 1.82) is 0 Å². The van der Waals surface area contributed by atoms with E-state index in [1.807, 2.05) is 18.2 Å². The van der Waals surface area contributed by atoms with Crippen LogP contribution in [0, 0.1) is 0 Å². The molecule has 1 aromatic carbocycles. The largest absolute Gasteiger partial charge is 0.496 e. The van der Waals surface area contributed by atoms with Gasteiger partial charge in [-0.05, 0) is 43.4 Å². The number of allylic oxidation sites excluding steroid dienone is 2. The van der Waals surface area contributed by atoms with E-state index in [0.29, 0.717) is 24.6 Å². The van der Waals surface area contributed by atoms with Crippen LogP contribution in [-0.2, 0) is 12.8 Å². The lowest BCUT2D eigenvalue weighted by Gasteiger charge is -2.19. The average Bonchev–Trinajstić information content (AvgIpc) is 2.61. The number of nitrogens with two attached hydrogens (primary N) is 2. The Balaban J connectivity index is 2.73. The van der Waals surface area contributed by atoms with Gasteiger partial charge in [-0.2, -0.15) is 0 Å². The van der Waals surface area contributed by atoms with E-state index in [0.717, 1.165) is 47.2 Å². The summed E-state index contributed by atoms with van der Waals surface area (Å²) < 4.78 is 5.54. The van der Waals surface area contributed by atoms with Crippen LogP contribution >= 0.6 is 0 Å². The number of anilines is 1. The highest BCUT2D eigenvalue weighted by Crippen LogP contribution is 2.36. The fourth-order valence-electron chi connectivity index (χ4n) is 3.29. The SMILES string of the molecule is C=CCc1nc2c(N)cc(OC)c(CC=C)c2cc1C(C)CCCN. The fourth-order valence-corrected chi connectivity index (χ4v) is 3.29. The highest BCUT2D eigenvalue weighted by molar-refractivity contribution is 5.94. The highest BCUT2D eigenvalue weighted by atomic mass is 16.5. The Bertz CT molecular complexity index is 768. The molecule has 0 saturated heterocycles. The van der Waals surface area contributed by atoms with E-state index in [2.05, 4.69) is 26.1 Å². The summed E-state index contributed by atoms with van der Waals surface area (Å²) in [5, 5.41) is 1.04. The molecule has 1 unspecified atom stereocenters. The van der Waals surface area contributed by atoms with Gasteiger partial charge >= 0.3 is 0 Å². The molecule has 0 saturated carbocycles. The summed E-state index contributed by atoms with van der Waals surface area (Å²) in [6, 6.07) is 4.07. The Morgan fingerprint density at radius 1 is 1.24 bits per heavy atom. The molecule has 0 radical (unpaired) electrons. The summed E-state index contributed by atoms with van der Waals surface area (Å²) in [6.07, 6.45) is 7.22. The lowest BCUT2D eigenvalue weighted by Crippen LogP contribution is -2.07. The average molecular weight is 339 g/mol. The zero-order valence-corrected chi connectivity index (χ0v) is 15.3. The number of hydrogen-bond acceptors (Lipinski definition) is 4. The molecule has 1 heterocycles. The maximum atomic E-state index is 6.26. The number of pyridine rings is 1. The van der Waals surface area contributed by atoms with Gasteiger partial charge in [-0.15, -0.1) is 13.2 Å². The smallest absolute Gasteiger partial charge is 0.125 e. The van der Waals surface area contributed by atoms with Crippen molar-refractivity contribution >= 4 is 16.6 Å². The zero-order chi connectivity index (χ0) is 18.4. The van der Waals surface area contributed by atoms with E-state index in [1.165, 1.54) is 5.56 Å². The number of methoxy groups -OCH3 is 1. The Morgan fingerprint density at radius 3 is 2.56 bits per heavy atom. The maximum Gasteiger partial charge on any atom is 0.125 e. The quantitative estimate of drug-likeness (QED) is 0.532. The molecule has 0 aliphatic carbocycles. The summed E-state index contributed by atoms with van der Waals surface area (Å²) in [4.78, 5) is 4.89. The molecule has 0 aliphatic rings. The van der Waals surface area contributed by atoms with Crippen LogP contribution in [-0.4, -0.2) is 18.6 Å². The van der Waals surface area contributed by atoms with Crippen LogP contribution in [0.2, 0.25) is 0 Å². The first-order valence-corrected chi connectivity index (χ1v) is 8.78. The monoisotopic (exact) mass is 339 g/mol. The van der Waals surface area contributed by atoms with Gasteiger partial charge in [0.1, 0.15) is 5.75 Å². The normalized spacial score (nSPS) is 12.1. The molecule has 1 atom stereocenters. The van der Waals surface area contributed by atoms with Crippen molar-refractivity contribution < 1.29 is 4.74 Å². The van der Waals surface area contributed by atoms with Crippen molar-refractivity contribution in [2.45, 2.75) is 38.5 Å². The van der Waals surface area contributed by atoms with E-state index < -0.39 is 0 Å². The van der Waals surface area contributed by atoms with Crippen molar-refractivity contribution in [2.24, 2.45) is 5.73 Å². The van der Waals surface area contributed by atoms with E-state index in [-0.39, 0.29) is 0 Å². The first kappa shape index (κ1) is 19.0. The summed E-state index contributed by atoms with van der Waals surface area (Å²) in [7, 11) is 1.66. The van der Waals surface area contributed by atoms with Gasteiger partial charge in [0.15, 0.2) is 0 Å².